The molecule has 5 nitrogen and oxygen atoms in total. The number of ether oxygens (including phenoxy) is 1. The van der Waals surface area contributed by atoms with E-state index in [9.17, 15) is 14.7 Å². The predicted molar refractivity (Wildman–Crippen MR) is 87.4 cm³/mol. The number of nitrogens with one attached hydrogen (secondary N) is 1. The average molecular weight is 325 g/mol. The van der Waals surface area contributed by atoms with Gasteiger partial charge in [0.05, 0.1) is 12.4 Å². The highest BCUT2D eigenvalue weighted by atomic mass is 32.2. The number of hydrogen-bond acceptors (Lipinski definition) is 4. The largest absolute Gasteiger partial charge is 0.497 e. The minimum Gasteiger partial charge on any atom is -0.497 e. The zero-order valence-electron chi connectivity index (χ0n) is 13.4. The zero-order valence-corrected chi connectivity index (χ0v) is 14.2. The molecule has 2 unspecified atom stereocenters. The highest BCUT2D eigenvalue weighted by Crippen LogP contribution is 2.26. The average Bonchev–Trinajstić information content (AvgIpc) is 2.48. The number of rotatable bonds is 8. The maximum Gasteiger partial charge on any atom is 0.329 e. The van der Waals surface area contributed by atoms with Gasteiger partial charge in [-0.25, -0.2) is 4.79 Å². The van der Waals surface area contributed by atoms with Crippen LogP contribution in [0.2, 0.25) is 0 Å². The molecule has 0 saturated carbocycles. The Labute approximate surface area is 135 Å². The van der Waals surface area contributed by atoms with E-state index in [2.05, 4.69) is 5.32 Å². The maximum atomic E-state index is 12.2. The van der Waals surface area contributed by atoms with Gasteiger partial charge in [-0.2, -0.15) is 0 Å². The number of carbonyl (C=O) groups is 2. The molecule has 0 heterocycles. The van der Waals surface area contributed by atoms with Crippen LogP contribution >= 0.6 is 11.8 Å². The number of carboxylic acid groups (broad SMARTS) is 1. The van der Waals surface area contributed by atoms with Gasteiger partial charge in [0.1, 0.15) is 11.3 Å². The van der Waals surface area contributed by atoms with Crippen molar-refractivity contribution in [1.82, 2.24) is 5.32 Å². The lowest BCUT2D eigenvalue weighted by atomic mass is 9.96. The van der Waals surface area contributed by atoms with Crippen molar-refractivity contribution in [2.75, 3.05) is 7.11 Å². The van der Waals surface area contributed by atoms with Crippen LogP contribution in [-0.2, 0) is 9.59 Å². The van der Waals surface area contributed by atoms with Crippen LogP contribution in [0, 0.1) is 0 Å². The van der Waals surface area contributed by atoms with Crippen molar-refractivity contribution >= 4 is 23.6 Å². The van der Waals surface area contributed by atoms with Gasteiger partial charge in [-0.3, -0.25) is 4.79 Å². The normalized spacial score (nSPS) is 14.7. The molecule has 1 rings (SSSR count). The summed E-state index contributed by atoms with van der Waals surface area (Å²) in [6.07, 6.45) is 1.08. The number of hydrogen-bond donors (Lipinski definition) is 2. The second kappa shape index (κ2) is 8.08. The van der Waals surface area contributed by atoms with E-state index >= 15 is 0 Å². The van der Waals surface area contributed by atoms with E-state index in [0.29, 0.717) is 12.8 Å². The van der Waals surface area contributed by atoms with Gasteiger partial charge < -0.3 is 15.2 Å². The van der Waals surface area contributed by atoms with E-state index in [1.54, 1.807) is 21.0 Å². The standard InChI is InChI=1S/C16H23NO4S/c1-5-10-16(3,15(19)20)17-14(18)11(2)22-13-8-6-12(21-4)7-9-13/h6-9,11H,5,10H2,1-4H3,(H,17,18)(H,19,20). The number of aliphatic carboxylic acids is 1. The minimum absolute atomic E-state index is 0.279. The summed E-state index contributed by atoms with van der Waals surface area (Å²) < 4.78 is 5.09. The van der Waals surface area contributed by atoms with E-state index in [-0.39, 0.29) is 11.2 Å². The van der Waals surface area contributed by atoms with Crippen LogP contribution in [0.4, 0.5) is 0 Å². The fraction of sp³-hybridized carbons (Fsp3) is 0.500. The Morgan fingerprint density at radius 2 is 1.95 bits per heavy atom. The summed E-state index contributed by atoms with van der Waals surface area (Å²) in [4.78, 5) is 24.5. The van der Waals surface area contributed by atoms with Crippen molar-refractivity contribution < 1.29 is 19.4 Å². The fourth-order valence-corrected chi connectivity index (χ4v) is 2.88. The topological polar surface area (TPSA) is 75.6 Å². The molecule has 0 saturated heterocycles. The number of benzene rings is 1. The molecule has 2 atom stereocenters. The van der Waals surface area contributed by atoms with Crippen LogP contribution in [0.5, 0.6) is 5.75 Å². The van der Waals surface area contributed by atoms with Crippen LogP contribution in [0.3, 0.4) is 0 Å². The SMILES string of the molecule is CCCC(C)(NC(=O)C(C)Sc1ccc(OC)cc1)C(=O)O. The smallest absolute Gasteiger partial charge is 0.329 e. The van der Waals surface area contributed by atoms with Crippen LogP contribution in [-0.4, -0.2) is 34.9 Å². The molecule has 1 aromatic carbocycles. The van der Waals surface area contributed by atoms with Crippen LogP contribution in [0.1, 0.15) is 33.6 Å². The first-order valence-corrected chi connectivity index (χ1v) is 8.06. The summed E-state index contributed by atoms with van der Waals surface area (Å²) >= 11 is 1.38. The molecule has 0 radical (unpaired) electrons. The molecule has 0 spiro atoms. The Kier molecular flexibility index (Phi) is 6.74. The number of carboxylic acids is 1. The molecule has 0 bridgehead atoms. The Morgan fingerprint density at radius 3 is 2.41 bits per heavy atom. The molecule has 0 aliphatic heterocycles. The third kappa shape index (κ3) is 4.94. The Hall–Kier alpha value is -1.69. The maximum absolute atomic E-state index is 12.2. The monoisotopic (exact) mass is 325 g/mol. The molecule has 1 amide bonds. The summed E-state index contributed by atoms with van der Waals surface area (Å²) in [7, 11) is 1.60. The summed E-state index contributed by atoms with van der Waals surface area (Å²) in [6.45, 7) is 5.20. The van der Waals surface area contributed by atoms with Gasteiger partial charge in [-0.1, -0.05) is 13.3 Å². The lowest BCUT2D eigenvalue weighted by Gasteiger charge is -2.27. The van der Waals surface area contributed by atoms with E-state index in [0.717, 1.165) is 10.6 Å². The quantitative estimate of drug-likeness (QED) is 0.719. The predicted octanol–water partition coefficient (Wildman–Crippen LogP) is 2.94. The van der Waals surface area contributed by atoms with Gasteiger partial charge in [0.25, 0.3) is 0 Å². The van der Waals surface area contributed by atoms with Gasteiger partial charge in [0, 0.05) is 4.90 Å². The van der Waals surface area contributed by atoms with Gasteiger partial charge in [0.2, 0.25) is 5.91 Å². The highest BCUT2D eigenvalue weighted by molar-refractivity contribution is 8.00. The summed E-state index contributed by atoms with van der Waals surface area (Å²) in [5.74, 6) is -0.536. The molecule has 2 N–H and O–H groups in total. The molecule has 0 fully saturated rings. The van der Waals surface area contributed by atoms with Gasteiger partial charge in [-0.15, -0.1) is 11.8 Å². The van der Waals surface area contributed by atoms with E-state index in [4.69, 9.17) is 4.74 Å². The molecule has 6 heteroatoms. The highest BCUT2D eigenvalue weighted by Gasteiger charge is 2.35. The van der Waals surface area contributed by atoms with E-state index in [1.165, 1.54) is 11.8 Å². The first kappa shape index (κ1) is 18.4. The molecule has 0 aromatic heterocycles. The third-order valence-electron chi connectivity index (χ3n) is 3.36. The molecular formula is C16H23NO4S. The third-order valence-corrected chi connectivity index (χ3v) is 4.47. The molecule has 0 aliphatic carbocycles. The number of methoxy groups -OCH3 is 1. The first-order chi connectivity index (χ1) is 10.3. The van der Waals surface area contributed by atoms with Crippen molar-refractivity contribution in [3.05, 3.63) is 24.3 Å². The van der Waals surface area contributed by atoms with Crippen LogP contribution in [0.15, 0.2) is 29.2 Å². The molecule has 0 aliphatic rings. The van der Waals surface area contributed by atoms with E-state index < -0.39 is 11.5 Å². The lowest BCUT2D eigenvalue weighted by molar-refractivity contribution is -0.147. The van der Waals surface area contributed by atoms with Crippen molar-refractivity contribution in [2.24, 2.45) is 0 Å². The Balaban J connectivity index is 2.69. The van der Waals surface area contributed by atoms with Gasteiger partial charge in [0.15, 0.2) is 0 Å². The fourth-order valence-electron chi connectivity index (χ4n) is 2.01. The van der Waals surface area contributed by atoms with Crippen molar-refractivity contribution in [3.8, 4) is 5.75 Å². The lowest BCUT2D eigenvalue weighted by Crippen LogP contribution is -2.54. The molecular weight excluding hydrogens is 302 g/mol. The van der Waals surface area contributed by atoms with Crippen molar-refractivity contribution in [3.63, 3.8) is 0 Å². The second-order valence-corrected chi connectivity index (χ2v) is 6.73. The summed E-state index contributed by atoms with van der Waals surface area (Å²) in [6, 6.07) is 7.39. The number of amides is 1. The Bertz CT molecular complexity index is 517. The molecule has 122 valence electrons. The van der Waals surface area contributed by atoms with Gasteiger partial charge in [-0.05, 0) is 44.5 Å². The second-order valence-electron chi connectivity index (χ2n) is 5.31. The summed E-state index contributed by atoms with van der Waals surface area (Å²) in [5.41, 5.74) is -1.22. The first-order valence-electron chi connectivity index (χ1n) is 7.18. The summed E-state index contributed by atoms with van der Waals surface area (Å²) in [5, 5.41) is 11.6. The van der Waals surface area contributed by atoms with Crippen LogP contribution < -0.4 is 10.1 Å². The zero-order chi connectivity index (χ0) is 16.8. The van der Waals surface area contributed by atoms with Gasteiger partial charge >= 0.3 is 5.97 Å². The molecule has 1 aromatic rings. The minimum atomic E-state index is -1.22. The Morgan fingerprint density at radius 1 is 1.36 bits per heavy atom. The number of carbonyl (C=O) groups excluding carboxylic acids is 1. The van der Waals surface area contributed by atoms with Crippen LogP contribution in [0.25, 0.3) is 0 Å². The van der Waals surface area contributed by atoms with Crippen molar-refractivity contribution in [1.29, 1.82) is 0 Å². The molecule has 22 heavy (non-hydrogen) atoms. The number of thioether (sulfide) groups is 1. The van der Waals surface area contributed by atoms with E-state index in [1.807, 2.05) is 31.2 Å². The van der Waals surface area contributed by atoms with Crippen molar-refractivity contribution in [2.45, 2.75) is 49.3 Å².